The number of hydrogen-bond donors (Lipinski definition) is 2. The molecule has 0 aliphatic carbocycles. The standard InChI is InChI=1S/C13H16N2O4S2/c1-3-8-20-9-13(17)14-11-4-6-12(7-5-11)21(18,19)15-10(2)16/h3-7H,1,8-9H2,2H3,(H,14,17)(H,15,16). The van der Waals surface area contributed by atoms with Gasteiger partial charge >= 0.3 is 0 Å². The van der Waals surface area contributed by atoms with Gasteiger partial charge in [0.15, 0.2) is 0 Å². The van der Waals surface area contributed by atoms with E-state index in [0.717, 1.165) is 6.92 Å². The highest BCUT2D eigenvalue weighted by Gasteiger charge is 2.15. The summed E-state index contributed by atoms with van der Waals surface area (Å²) in [5.74, 6) is 0.130. The Morgan fingerprint density at radius 1 is 1.29 bits per heavy atom. The van der Waals surface area contributed by atoms with Crippen LogP contribution in [0.2, 0.25) is 0 Å². The summed E-state index contributed by atoms with van der Waals surface area (Å²) in [6, 6.07) is 5.56. The first-order chi connectivity index (χ1) is 9.85. The maximum Gasteiger partial charge on any atom is 0.264 e. The molecule has 1 rings (SSSR count). The molecular formula is C13H16N2O4S2. The minimum atomic E-state index is -3.85. The van der Waals surface area contributed by atoms with Crippen LogP contribution in [0.1, 0.15) is 6.92 Å². The average Bonchev–Trinajstić information content (AvgIpc) is 2.38. The predicted octanol–water partition coefficient (Wildman–Crippen LogP) is 1.37. The van der Waals surface area contributed by atoms with E-state index < -0.39 is 15.9 Å². The van der Waals surface area contributed by atoms with Gasteiger partial charge in [-0.05, 0) is 24.3 Å². The van der Waals surface area contributed by atoms with Gasteiger partial charge in [-0.2, -0.15) is 0 Å². The molecule has 0 bridgehead atoms. The molecule has 0 atom stereocenters. The molecule has 1 aromatic rings. The van der Waals surface area contributed by atoms with E-state index in [1.54, 1.807) is 6.08 Å². The van der Waals surface area contributed by atoms with Crippen LogP contribution in [-0.2, 0) is 19.6 Å². The third-order valence-corrected chi connectivity index (χ3v) is 4.58. The molecule has 0 aliphatic heterocycles. The van der Waals surface area contributed by atoms with Crippen molar-refractivity contribution in [1.82, 2.24) is 4.72 Å². The van der Waals surface area contributed by atoms with Gasteiger partial charge in [-0.3, -0.25) is 9.59 Å². The van der Waals surface area contributed by atoms with Crippen LogP contribution in [0.4, 0.5) is 5.69 Å². The second-order valence-corrected chi connectivity index (χ2v) is 6.75. The van der Waals surface area contributed by atoms with Gasteiger partial charge in [-0.25, -0.2) is 13.1 Å². The summed E-state index contributed by atoms with van der Waals surface area (Å²) in [5.41, 5.74) is 0.487. The lowest BCUT2D eigenvalue weighted by Crippen LogP contribution is -2.28. The van der Waals surface area contributed by atoms with E-state index in [2.05, 4.69) is 11.9 Å². The monoisotopic (exact) mass is 328 g/mol. The molecule has 0 aliphatic rings. The Morgan fingerprint density at radius 3 is 2.43 bits per heavy atom. The van der Waals surface area contributed by atoms with Crippen molar-refractivity contribution in [2.75, 3.05) is 16.8 Å². The Bertz CT molecular complexity index is 624. The second-order valence-electron chi connectivity index (χ2n) is 4.04. The SMILES string of the molecule is C=CCSCC(=O)Nc1ccc(S(=O)(=O)NC(C)=O)cc1. The van der Waals surface area contributed by atoms with Gasteiger partial charge in [0, 0.05) is 18.4 Å². The van der Waals surface area contributed by atoms with E-state index in [9.17, 15) is 18.0 Å². The molecule has 0 spiro atoms. The summed E-state index contributed by atoms with van der Waals surface area (Å²) in [4.78, 5) is 22.3. The lowest BCUT2D eigenvalue weighted by Gasteiger charge is -2.07. The summed E-state index contributed by atoms with van der Waals surface area (Å²) in [6.07, 6.45) is 1.71. The fraction of sp³-hybridized carbons (Fsp3) is 0.231. The molecule has 1 aromatic carbocycles. The number of sulfonamides is 1. The van der Waals surface area contributed by atoms with Gasteiger partial charge in [0.2, 0.25) is 11.8 Å². The van der Waals surface area contributed by atoms with Crippen molar-refractivity contribution < 1.29 is 18.0 Å². The zero-order valence-electron chi connectivity index (χ0n) is 11.5. The molecule has 2 N–H and O–H groups in total. The highest BCUT2D eigenvalue weighted by atomic mass is 32.2. The van der Waals surface area contributed by atoms with Crippen LogP contribution in [0, 0.1) is 0 Å². The lowest BCUT2D eigenvalue weighted by atomic mass is 10.3. The highest BCUT2D eigenvalue weighted by Crippen LogP contribution is 2.14. The number of amides is 2. The molecule has 0 aromatic heterocycles. The van der Waals surface area contributed by atoms with Crippen molar-refractivity contribution in [3.8, 4) is 0 Å². The van der Waals surface area contributed by atoms with E-state index in [-0.39, 0.29) is 16.6 Å². The van der Waals surface area contributed by atoms with Crippen LogP contribution < -0.4 is 10.0 Å². The van der Waals surface area contributed by atoms with E-state index >= 15 is 0 Å². The van der Waals surface area contributed by atoms with Gasteiger partial charge in [0.1, 0.15) is 0 Å². The Hall–Kier alpha value is -1.80. The summed E-state index contributed by atoms with van der Waals surface area (Å²) in [7, 11) is -3.85. The van der Waals surface area contributed by atoms with Crippen LogP contribution in [0.3, 0.4) is 0 Å². The van der Waals surface area contributed by atoms with E-state index in [1.807, 2.05) is 4.72 Å². The molecule has 6 nitrogen and oxygen atoms in total. The summed E-state index contributed by atoms with van der Waals surface area (Å²) in [5, 5.41) is 2.64. The van der Waals surface area contributed by atoms with E-state index in [0.29, 0.717) is 11.4 Å². The third kappa shape index (κ3) is 6.01. The molecule has 114 valence electrons. The van der Waals surface area contributed by atoms with Gasteiger partial charge in [-0.1, -0.05) is 6.08 Å². The zero-order valence-corrected chi connectivity index (χ0v) is 13.1. The summed E-state index contributed by atoms with van der Waals surface area (Å²) < 4.78 is 25.3. The smallest absolute Gasteiger partial charge is 0.264 e. The molecule has 8 heteroatoms. The van der Waals surface area contributed by atoms with Gasteiger partial charge in [0.05, 0.1) is 10.6 Å². The first-order valence-electron chi connectivity index (χ1n) is 5.97. The minimum absolute atomic E-state index is 0.0447. The lowest BCUT2D eigenvalue weighted by molar-refractivity contribution is -0.117. The van der Waals surface area contributed by atoms with Crippen molar-refractivity contribution in [2.45, 2.75) is 11.8 Å². The predicted molar refractivity (Wildman–Crippen MR) is 83.6 cm³/mol. The number of carbonyl (C=O) groups excluding carboxylic acids is 2. The quantitative estimate of drug-likeness (QED) is 0.582. The zero-order chi connectivity index (χ0) is 15.9. The van der Waals surface area contributed by atoms with Crippen LogP contribution >= 0.6 is 11.8 Å². The second kappa shape index (κ2) is 7.84. The molecule has 0 heterocycles. The number of carbonyl (C=O) groups is 2. The van der Waals surface area contributed by atoms with Crippen molar-refractivity contribution in [3.05, 3.63) is 36.9 Å². The molecule has 0 unspecified atom stereocenters. The van der Waals surface area contributed by atoms with Gasteiger partial charge in [-0.15, -0.1) is 18.3 Å². The molecule has 21 heavy (non-hydrogen) atoms. The molecule has 0 radical (unpaired) electrons. The fourth-order valence-electron chi connectivity index (χ4n) is 1.40. The molecule has 0 saturated carbocycles. The molecule has 0 saturated heterocycles. The number of anilines is 1. The fourth-order valence-corrected chi connectivity index (χ4v) is 2.93. The topological polar surface area (TPSA) is 92.3 Å². The van der Waals surface area contributed by atoms with E-state index in [1.165, 1.54) is 36.0 Å². The van der Waals surface area contributed by atoms with Crippen LogP contribution in [-0.4, -0.2) is 31.7 Å². The number of thioether (sulfide) groups is 1. The number of nitrogens with one attached hydrogen (secondary N) is 2. The van der Waals surface area contributed by atoms with Crippen molar-refractivity contribution in [3.63, 3.8) is 0 Å². The molecule has 2 amide bonds. The van der Waals surface area contributed by atoms with Crippen molar-refractivity contribution >= 4 is 39.3 Å². The van der Waals surface area contributed by atoms with Crippen LogP contribution in [0.25, 0.3) is 0 Å². The number of hydrogen-bond acceptors (Lipinski definition) is 5. The normalized spacial score (nSPS) is 10.7. The van der Waals surface area contributed by atoms with Crippen LogP contribution in [0.15, 0.2) is 41.8 Å². The summed E-state index contributed by atoms with van der Waals surface area (Å²) >= 11 is 1.42. The Morgan fingerprint density at radius 2 is 1.90 bits per heavy atom. The first kappa shape index (κ1) is 17.3. The third-order valence-electron chi connectivity index (χ3n) is 2.20. The maximum absolute atomic E-state index is 11.7. The Kier molecular flexibility index (Phi) is 6.44. The maximum atomic E-state index is 11.7. The number of benzene rings is 1. The largest absolute Gasteiger partial charge is 0.325 e. The van der Waals surface area contributed by atoms with Crippen molar-refractivity contribution in [1.29, 1.82) is 0 Å². The van der Waals surface area contributed by atoms with Gasteiger partial charge in [0.25, 0.3) is 10.0 Å². The average molecular weight is 328 g/mol. The highest BCUT2D eigenvalue weighted by molar-refractivity contribution is 8.00. The van der Waals surface area contributed by atoms with Gasteiger partial charge < -0.3 is 5.32 Å². The van der Waals surface area contributed by atoms with Crippen LogP contribution in [0.5, 0.6) is 0 Å². The molecule has 0 fully saturated rings. The Balaban J connectivity index is 2.68. The summed E-state index contributed by atoms with van der Waals surface area (Å²) in [6.45, 7) is 4.67. The minimum Gasteiger partial charge on any atom is -0.325 e. The Labute approximate surface area is 128 Å². The van der Waals surface area contributed by atoms with E-state index in [4.69, 9.17) is 0 Å². The van der Waals surface area contributed by atoms with Crippen molar-refractivity contribution in [2.24, 2.45) is 0 Å². The molecular weight excluding hydrogens is 312 g/mol. The first-order valence-corrected chi connectivity index (χ1v) is 8.61. The number of rotatable bonds is 7.